The van der Waals surface area contributed by atoms with Gasteiger partial charge in [-0.05, 0) is 67.5 Å². The van der Waals surface area contributed by atoms with Gasteiger partial charge in [0, 0.05) is 11.6 Å². The van der Waals surface area contributed by atoms with E-state index in [0.29, 0.717) is 11.5 Å². The van der Waals surface area contributed by atoms with Crippen LogP contribution < -0.4 is 15.8 Å². The second-order valence-electron chi connectivity index (χ2n) is 11.2. The van der Waals surface area contributed by atoms with Crippen molar-refractivity contribution < 1.29 is 9.53 Å². The number of fused-ring (bicyclic) bond motifs is 1. The van der Waals surface area contributed by atoms with E-state index < -0.39 is 0 Å². The molecule has 1 aliphatic rings. The first-order valence-electron chi connectivity index (χ1n) is 13.5. The molecule has 40 heavy (non-hydrogen) atoms. The van der Waals surface area contributed by atoms with E-state index in [4.69, 9.17) is 15.6 Å². The van der Waals surface area contributed by atoms with E-state index in [1.807, 2.05) is 86.1 Å². The summed E-state index contributed by atoms with van der Waals surface area (Å²) in [6.07, 6.45) is 6.34. The van der Waals surface area contributed by atoms with Crippen LogP contribution in [0.15, 0.2) is 72.6 Å². The largest absolute Gasteiger partial charge is 0.457 e. The lowest BCUT2D eigenvalue weighted by Crippen LogP contribution is -2.38. The summed E-state index contributed by atoms with van der Waals surface area (Å²) in [4.78, 5) is 21.5. The van der Waals surface area contributed by atoms with Gasteiger partial charge in [-0.25, -0.2) is 14.6 Å². The molecule has 1 fully saturated rings. The molecule has 2 aromatic carbocycles. The third kappa shape index (κ3) is 5.96. The molecular formula is C31H33N7O2. The highest BCUT2D eigenvalue weighted by Crippen LogP contribution is 2.36. The Hall–Kier alpha value is -4.71. The summed E-state index contributed by atoms with van der Waals surface area (Å²) in [5.41, 5.74) is 8.54. The zero-order valence-electron chi connectivity index (χ0n) is 23.0. The van der Waals surface area contributed by atoms with Gasteiger partial charge in [0.2, 0.25) is 0 Å². The van der Waals surface area contributed by atoms with Crippen LogP contribution in [0.2, 0.25) is 0 Å². The molecule has 0 saturated heterocycles. The highest BCUT2D eigenvalue weighted by atomic mass is 16.5. The predicted molar refractivity (Wildman–Crippen MR) is 154 cm³/mol. The second-order valence-corrected chi connectivity index (χ2v) is 11.2. The van der Waals surface area contributed by atoms with E-state index >= 15 is 0 Å². The molecule has 0 bridgehead atoms. The molecule has 1 amide bonds. The van der Waals surface area contributed by atoms with Crippen LogP contribution in [0, 0.1) is 16.7 Å². The lowest BCUT2D eigenvalue weighted by atomic mass is 9.90. The summed E-state index contributed by atoms with van der Waals surface area (Å²) in [5.74, 6) is 1.56. The number of rotatable bonds is 6. The van der Waals surface area contributed by atoms with Crippen molar-refractivity contribution in [2.45, 2.75) is 58.5 Å². The molecule has 0 atom stereocenters. The molecule has 0 aliphatic heterocycles. The molecule has 2 heterocycles. The van der Waals surface area contributed by atoms with Crippen molar-refractivity contribution >= 4 is 22.8 Å². The average molecular weight is 536 g/mol. The van der Waals surface area contributed by atoms with Crippen molar-refractivity contribution in [1.82, 2.24) is 25.1 Å². The minimum Gasteiger partial charge on any atom is -0.457 e. The Morgan fingerprint density at radius 3 is 2.38 bits per heavy atom. The first-order chi connectivity index (χ1) is 19.2. The van der Waals surface area contributed by atoms with E-state index in [-0.39, 0.29) is 29.0 Å². The Bertz CT molecular complexity index is 1570. The number of aromatic nitrogens is 4. The normalized spacial score (nSPS) is 17.8. The lowest BCUT2D eigenvalue weighted by Gasteiger charge is -2.29. The molecule has 0 spiro atoms. The number of nitrogens with two attached hydrogens (primary N) is 1. The van der Waals surface area contributed by atoms with Crippen molar-refractivity contribution in [2.24, 2.45) is 5.41 Å². The van der Waals surface area contributed by atoms with E-state index in [2.05, 4.69) is 15.3 Å². The number of amides is 1. The van der Waals surface area contributed by atoms with Crippen molar-refractivity contribution in [1.29, 1.82) is 5.26 Å². The number of hydrogen-bond donors (Lipinski definition) is 2. The molecule has 0 unspecified atom stereocenters. The van der Waals surface area contributed by atoms with Gasteiger partial charge in [-0.15, -0.1) is 0 Å². The number of carbonyl (C=O) groups excluding carboxylic acids is 1. The third-order valence-electron chi connectivity index (χ3n) is 6.95. The molecule has 9 heteroatoms. The molecule has 1 aliphatic carbocycles. The quantitative estimate of drug-likeness (QED) is 0.230. The van der Waals surface area contributed by atoms with Crippen LogP contribution in [0.3, 0.4) is 0 Å². The van der Waals surface area contributed by atoms with Crippen LogP contribution in [0.5, 0.6) is 11.5 Å². The molecule has 0 radical (unpaired) electrons. The smallest absolute Gasteiger partial charge is 0.261 e. The van der Waals surface area contributed by atoms with Crippen molar-refractivity contribution in [3.8, 4) is 28.8 Å². The summed E-state index contributed by atoms with van der Waals surface area (Å²) >= 11 is 0. The first-order valence-corrected chi connectivity index (χ1v) is 13.5. The topological polar surface area (TPSA) is 132 Å². The number of nitriles is 1. The van der Waals surface area contributed by atoms with Gasteiger partial charge in [0.05, 0.1) is 11.4 Å². The number of hydrogen-bond acceptors (Lipinski definition) is 7. The fraction of sp³-hybridized carbons (Fsp3) is 0.323. The van der Waals surface area contributed by atoms with Gasteiger partial charge in [-0.1, -0.05) is 45.0 Å². The van der Waals surface area contributed by atoms with E-state index in [1.54, 1.807) is 6.08 Å². The predicted octanol–water partition coefficient (Wildman–Crippen LogP) is 5.96. The second kappa shape index (κ2) is 11.2. The minimum atomic E-state index is -0.312. The summed E-state index contributed by atoms with van der Waals surface area (Å²) in [7, 11) is 0. The number of para-hydroxylation sites is 1. The number of anilines is 1. The van der Waals surface area contributed by atoms with Gasteiger partial charge in [0.25, 0.3) is 5.91 Å². The molecule has 2 aromatic heterocycles. The number of allylic oxidation sites excluding steroid dienone is 1. The Labute approximate surface area is 233 Å². The van der Waals surface area contributed by atoms with Crippen LogP contribution in [-0.2, 0) is 4.79 Å². The third-order valence-corrected chi connectivity index (χ3v) is 6.95. The van der Waals surface area contributed by atoms with E-state index in [9.17, 15) is 10.1 Å². The summed E-state index contributed by atoms with van der Waals surface area (Å²) in [5, 5.41) is 18.2. The monoisotopic (exact) mass is 535 g/mol. The molecule has 1 saturated carbocycles. The molecule has 204 valence electrons. The number of nitrogen functional groups attached to an aromatic ring is 1. The van der Waals surface area contributed by atoms with E-state index in [1.165, 1.54) is 6.33 Å². The maximum absolute atomic E-state index is 12.7. The molecule has 3 N–H and O–H groups in total. The zero-order chi connectivity index (χ0) is 28.3. The van der Waals surface area contributed by atoms with E-state index in [0.717, 1.165) is 53.8 Å². The molecular weight excluding hydrogens is 502 g/mol. The van der Waals surface area contributed by atoms with Gasteiger partial charge in [-0.2, -0.15) is 10.4 Å². The first kappa shape index (κ1) is 26.9. The number of carbonyl (C=O) groups is 1. The Morgan fingerprint density at radius 2 is 1.73 bits per heavy atom. The van der Waals surface area contributed by atoms with Crippen molar-refractivity contribution in [2.75, 3.05) is 5.73 Å². The maximum Gasteiger partial charge on any atom is 0.261 e. The van der Waals surface area contributed by atoms with Gasteiger partial charge < -0.3 is 15.8 Å². The van der Waals surface area contributed by atoms with Crippen LogP contribution >= 0.6 is 0 Å². The van der Waals surface area contributed by atoms with Gasteiger partial charge in [0.1, 0.15) is 41.0 Å². The molecule has 4 aromatic rings. The Morgan fingerprint density at radius 1 is 1.05 bits per heavy atom. The van der Waals surface area contributed by atoms with Crippen molar-refractivity contribution in [3.63, 3.8) is 0 Å². The maximum atomic E-state index is 12.7. The standard InChI is InChI=1S/C31H33N7O2/c1-31(2,3)17-21(18-32)30(39)36-22-11-13-23(14-12-22)38-29-26(28(33)34-19-35-29)27(37-38)20-9-15-25(16-10-20)40-24-7-5-4-6-8-24/h4-10,15-17,19,22-23H,11-14H2,1-3H3,(H,36,39)(H2,33,34,35). The minimum absolute atomic E-state index is 0.00128. The summed E-state index contributed by atoms with van der Waals surface area (Å²) < 4.78 is 7.89. The number of benzene rings is 2. The lowest BCUT2D eigenvalue weighted by molar-refractivity contribution is -0.118. The molecule has 5 rings (SSSR count). The zero-order valence-corrected chi connectivity index (χ0v) is 23.0. The van der Waals surface area contributed by atoms with Gasteiger partial charge in [0.15, 0.2) is 5.65 Å². The van der Waals surface area contributed by atoms with Crippen LogP contribution in [0.1, 0.15) is 52.5 Å². The number of ether oxygens (including phenoxy) is 1. The fourth-order valence-corrected chi connectivity index (χ4v) is 5.07. The SMILES string of the molecule is CC(C)(C)C=C(C#N)C(=O)NC1CCC(n2nc(-c3ccc(Oc4ccccc4)cc3)c3c(N)ncnc32)CC1. The Balaban J connectivity index is 1.33. The summed E-state index contributed by atoms with van der Waals surface area (Å²) in [6, 6.07) is 19.5. The highest BCUT2D eigenvalue weighted by molar-refractivity contribution is 5.98. The van der Waals surface area contributed by atoms with Gasteiger partial charge >= 0.3 is 0 Å². The van der Waals surface area contributed by atoms with Crippen LogP contribution in [-0.4, -0.2) is 31.7 Å². The molecule has 9 nitrogen and oxygen atoms in total. The number of nitrogens with one attached hydrogen (secondary N) is 1. The fourth-order valence-electron chi connectivity index (χ4n) is 5.07. The van der Waals surface area contributed by atoms with Crippen LogP contribution in [0.4, 0.5) is 5.82 Å². The Kier molecular flexibility index (Phi) is 7.52. The average Bonchev–Trinajstić information content (AvgIpc) is 3.33. The number of nitrogens with zero attached hydrogens (tertiary/aromatic N) is 5. The van der Waals surface area contributed by atoms with Crippen LogP contribution in [0.25, 0.3) is 22.3 Å². The van der Waals surface area contributed by atoms with Crippen molar-refractivity contribution in [3.05, 3.63) is 72.6 Å². The highest BCUT2D eigenvalue weighted by Gasteiger charge is 2.28. The van der Waals surface area contributed by atoms with Gasteiger partial charge in [-0.3, -0.25) is 4.79 Å². The summed E-state index contributed by atoms with van der Waals surface area (Å²) in [6.45, 7) is 5.90.